The summed E-state index contributed by atoms with van der Waals surface area (Å²) in [6.45, 7) is 0. The molecule has 4 heteroatoms. The minimum absolute atomic E-state index is 0.186. The third-order valence-electron chi connectivity index (χ3n) is 2.15. The molecule has 0 fully saturated rings. The Balaban J connectivity index is 2.21. The standard InChI is InChI=1S/C11H11NO2S/c13-15(14)8-9-3-5-10(6-4-9)11-2-1-7-12-11/h1-7,12H,8H2,(H,13,14). The Morgan fingerprint density at radius 3 is 2.47 bits per heavy atom. The van der Waals surface area contributed by atoms with Crippen molar-refractivity contribution in [2.24, 2.45) is 0 Å². The fraction of sp³-hybridized carbons (Fsp3) is 0.0909. The molecule has 0 saturated carbocycles. The van der Waals surface area contributed by atoms with E-state index < -0.39 is 11.1 Å². The van der Waals surface area contributed by atoms with Gasteiger partial charge in [-0.3, -0.25) is 0 Å². The molecule has 2 rings (SSSR count). The molecule has 0 bridgehead atoms. The molecular weight excluding hydrogens is 210 g/mol. The molecule has 1 heterocycles. The van der Waals surface area contributed by atoms with Crippen LogP contribution >= 0.6 is 0 Å². The molecule has 1 unspecified atom stereocenters. The quantitative estimate of drug-likeness (QED) is 0.782. The Bertz CT molecular complexity index is 448. The lowest BCUT2D eigenvalue weighted by Gasteiger charge is -2.00. The lowest BCUT2D eigenvalue weighted by Crippen LogP contribution is -1.92. The Hall–Kier alpha value is -1.39. The summed E-state index contributed by atoms with van der Waals surface area (Å²) in [7, 11) is 0. The molecule has 1 atom stereocenters. The normalized spacial score (nSPS) is 12.6. The van der Waals surface area contributed by atoms with Crippen molar-refractivity contribution in [1.29, 1.82) is 0 Å². The van der Waals surface area contributed by atoms with Crippen molar-refractivity contribution in [1.82, 2.24) is 4.98 Å². The third-order valence-corrected chi connectivity index (χ3v) is 2.73. The number of aromatic amines is 1. The minimum Gasteiger partial charge on any atom is -0.361 e. The Morgan fingerprint density at radius 2 is 1.93 bits per heavy atom. The van der Waals surface area contributed by atoms with Gasteiger partial charge in [-0.1, -0.05) is 24.3 Å². The molecule has 3 nitrogen and oxygen atoms in total. The second-order valence-electron chi connectivity index (χ2n) is 3.25. The Kier molecular flexibility index (Phi) is 2.99. The number of benzene rings is 1. The molecule has 2 N–H and O–H groups in total. The van der Waals surface area contributed by atoms with Gasteiger partial charge in [0.2, 0.25) is 0 Å². The highest BCUT2D eigenvalue weighted by Crippen LogP contribution is 2.17. The van der Waals surface area contributed by atoms with E-state index >= 15 is 0 Å². The highest BCUT2D eigenvalue weighted by molar-refractivity contribution is 7.78. The van der Waals surface area contributed by atoms with Crippen LogP contribution in [0.3, 0.4) is 0 Å². The zero-order valence-corrected chi connectivity index (χ0v) is 8.83. The SMILES string of the molecule is O=S(O)Cc1ccc(-c2ccc[nH]2)cc1. The van der Waals surface area contributed by atoms with Crippen molar-refractivity contribution in [3.8, 4) is 11.3 Å². The van der Waals surface area contributed by atoms with Gasteiger partial charge in [-0.2, -0.15) is 0 Å². The van der Waals surface area contributed by atoms with Gasteiger partial charge in [0.25, 0.3) is 0 Å². The summed E-state index contributed by atoms with van der Waals surface area (Å²) in [6.07, 6.45) is 1.87. The summed E-state index contributed by atoms with van der Waals surface area (Å²) in [4.78, 5) is 3.10. The molecule has 1 aromatic carbocycles. The van der Waals surface area contributed by atoms with Gasteiger partial charge in [0, 0.05) is 11.9 Å². The second kappa shape index (κ2) is 4.42. The van der Waals surface area contributed by atoms with E-state index in [1.54, 1.807) is 0 Å². The van der Waals surface area contributed by atoms with Crippen molar-refractivity contribution < 1.29 is 8.76 Å². The van der Waals surface area contributed by atoms with Gasteiger partial charge in [0.1, 0.15) is 0 Å². The van der Waals surface area contributed by atoms with Crippen molar-refractivity contribution in [3.05, 3.63) is 48.2 Å². The van der Waals surface area contributed by atoms with Crippen molar-refractivity contribution >= 4 is 11.1 Å². The van der Waals surface area contributed by atoms with Crippen LogP contribution in [0.5, 0.6) is 0 Å². The predicted octanol–water partition coefficient (Wildman–Crippen LogP) is 2.40. The van der Waals surface area contributed by atoms with E-state index in [-0.39, 0.29) is 5.75 Å². The van der Waals surface area contributed by atoms with Crippen LogP contribution < -0.4 is 0 Å². The van der Waals surface area contributed by atoms with Crippen LogP contribution in [-0.2, 0) is 16.8 Å². The average Bonchev–Trinajstić information content (AvgIpc) is 2.71. The smallest absolute Gasteiger partial charge is 0.157 e. The summed E-state index contributed by atoms with van der Waals surface area (Å²) in [5.74, 6) is 0.186. The van der Waals surface area contributed by atoms with E-state index in [1.807, 2.05) is 42.6 Å². The summed E-state index contributed by atoms with van der Waals surface area (Å²) in [5.41, 5.74) is 2.99. The maximum absolute atomic E-state index is 10.6. The molecule has 0 aliphatic carbocycles. The first-order valence-electron chi connectivity index (χ1n) is 4.56. The molecule has 15 heavy (non-hydrogen) atoms. The zero-order chi connectivity index (χ0) is 10.7. The molecule has 0 aliphatic heterocycles. The van der Waals surface area contributed by atoms with E-state index in [1.165, 1.54) is 0 Å². The number of H-pyrrole nitrogens is 1. The molecule has 78 valence electrons. The molecule has 0 spiro atoms. The summed E-state index contributed by atoms with van der Waals surface area (Å²) in [5, 5.41) is 0. The van der Waals surface area contributed by atoms with E-state index in [4.69, 9.17) is 4.55 Å². The fourth-order valence-electron chi connectivity index (χ4n) is 1.43. The lowest BCUT2D eigenvalue weighted by molar-refractivity contribution is 0.563. The van der Waals surface area contributed by atoms with Gasteiger partial charge in [-0.25, -0.2) is 4.21 Å². The molecule has 1 aromatic heterocycles. The first-order chi connectivity index (χ1) is 7.25. The number of hydrogen-bond acceptors (Lipinski definition) is 1. The maximum Gasteiger partial charge on any atom is 0.157 e. The largest absolute Gasteiger partial charge is 0.361 e. The average molecular weight is 221 g/mol. The molecule has 0 radical (unpaired) electrons. The van der Waals surface area contributed by atoms with E-state index in [9.17, 15) is 4.21 Å². The van der Waals surface area contributed by atoms with Crippen LogP contribution in [0.4, 0.5) is 0 Å². The van der Waals surface area contributed by atoms with Gasteiger partial charge in [0.05, 0.1) is 5.75 Å². The number of aromatic nitrogens is 1. The first kappa shape index (κ1) is 10.1. The highest BCUT2D eigenvalue weighted by atomic mass is 32.2. The van der Waals surface area contributed by atoms with Crippen molar-refractivity contribution in [2.75, 3.05) is 0 Å². The van der Waals surface area contributed by atoms with E-state index in [0.717, 1.165) is 16.8 Å². The zero-order valence-electron chi connectivity index (χ0n) is 8.01. The van der Waals surface area contributed by atoms with Crippen molar-refractivity contribution in [2.45, 2.75) is 5.75 Å². The Morgan fingerprint density at radius 1 is 1.20 bits per heavy atom. The second-order valence-corrected chi connectivity index (χ2v) is 4.18. The van der Waals surface area contributed by atoms with Gasteiger partial charge < -0.3 is 9.54 Å². The third kappa shape index (κ3) is 2.55. The van der Waals surface area contributed by atoms with Crippen LogP contribution in [0, 0.1) is 0 Å². The molecule has 2 aromatic rings. The minimum atomic E-state index is -1.77. The molecule has 0 aliphatic rings. The van der Waals surface area contributed by atoms with Gasteiger partial charge >= 0.3 is 0 Å². The van der Waals surface area contributed by atoms with Crippen LogP contribution in [0.25, 0.3) is 11.3 Å². The van der Waals surface area contributed by atoms with Gasteiger partial charge in [-0.15, -0.1) is 0 Å². The monoisotopic (exact) mass is 221 g/mol. The number of hydrogen-bond donors (Lipinski definition) is 2. The lowest BCUT2D eigenvalue weighted by atomic mass is 10.1. The molecule has 0 amide bonds. The van der Waals surface area contributed by atoms with Crippen LogP contribution in [0.1, 0.15) is 5.56 Å². The van der Waals surface area contributed by atoms with Crippen LogP contribution in [0.15, 0.2) is 42.6 Å². The fourth-order valence-corrected chi connectivity index (χ4v) is 1.91. The van der Waals surface area contributed by atoms with Crippen molar-refractivity contribution in [3.63, 3.8) is 0 Å². The van der Waals surface area contributed by atoms with Gasteiger partial charge in [-0.05, 0) is 23.3 Å². The number of rotatable bonds is 3. The van der Waals surface area contributed by atoms with Gasteiger partial charge in [0.15, 0.2) is 11.1 Å². The van der Waals surface area contributed by atoms with Crippen LogP contribution in [0.2, 0.25) is 0 Å². The summed E-state index contributed by atoms with van der Waals surface area (Å²) < 4.78 is 19.3. The molecular formula is C11H11NO2S. The summed E-state index contributed by atoms with van der Waals surface area (Å²) >= 11 is -1.77. The molecule has 0 saturated heterocycles. The maximum atomic E-state index is 10.6. The van der Waals surface area contributed by atoms with E-state index in [2.05, 4.69) is 4.98 Å². The topological polar surface area (TPSA) is 53.1 Å². The first-order valence-corrected chi connectivity index (χ1v) is 5.83. The number of nitrogens with one attached hydrogen (secondary N) is 1. The van der Waals surface area contributed by atoms with E-state index in [0.29, 0.717) is 0 Å². The predicted molar refractivity (Wildman–Crippen MR) is 60.7 cm³/mol. The Labute approximate surface area is 90.4 Å². The summed E-state index contributed by atoms with van der Waals surface area (Å²) in [6, 6.07) is 11.5. The highest BCUT2D eigenvalue weighted by Gasteiger charge is 2.00. The van der Waals surface area contributed by atoms with Crippen LogP contribution in [-0.4, -0.2) is 13.7 Å².